The second kappa shape index (κ2) is 2.52. The Labute approximate surface area is 70.6 Å². The molecule has 2 aromatic heterocycles. The number of hydrogen-bond acceptors (Lipinski definition) is 2. The number of hydrogen-bond donors (Lipinski definition) is 2. The van der Waals surface area contributed by atoms with Gasteiger partial charge >= 0.3 is 0 Å². The Balaban J connectivity index is 2.75. The lowest BCUT2D eigenvalue weighted by atomic mass is 10.2. The number of rotatable bonds is 1. The third-order valence-corrected chi connectivity index (χ3v) is 2.02. The highest BCUT2D eigenvalue weighted by Crippen LogP contribution is 2.18. The van der Waals surface area contributed by atoms with E-state index in [2.05, 4.69) is 16.9 Å². The van der Waals surface area contributed by atoms with E-state index in [1.54, 1.807) is 6.20 Å². The van der Waals surface area contributed by atoms with Crippen molar-refractivity contribution in [2.45, 2.75) is 13.3 Å². The number of pyridine rings is 1. The molecule has 2 rings (SSSR count). The molecule has 2 aromatic rings. The van der Waals surface area contributed by atoms with Crippen molar-refractivity contribution in [3.05, 3.63) is 24.0 Å². The maximum absolute atomic E-state index is 5.63. The number of nitrogens with zero attached hydrogens (tertiary/aromatic N) is 1. The van der Waals surface area contributed by atoms with Gasteiger partial charge in [-0.2, -0.15) is 0 Å². The molecule has 0 aliphatic rings. The fourth-order valence-electron chi connectivity index (χ4n) is 1.37. The zero-order chi connectivity index (χ0) is 8.55. The van der Waals surface area contributed by atoms with Crippen molar-refractivity contribution >= 4 is 16.7 Å². The van der Waals surface area contributed by atoms with E-state index in [0.717, 1.165) is 23.1 Å². The van der Waals surface area contributed by atoms with Crippen LogP contribution in [-0.4, -0.2) is 9.97 Å². The van der Waals surface area contributed by atoms with Crippen molar-refractivity contribution < 1.29 is 0 Å². The molecule has 0 spiro atoms. The van der Waals surface area contributed by atoms with Crippen LogP contribution >= 0.6 is 0 Å². The molecule has 0 aromatic carbocycles. The minimum atomic E-state index is 0.719. The summed E-state index contributed by atoms with van der Waals surface area (Å²) in [6.45, 7) is 2.12. The number of aromatic amines is 1. The number of H-pyrrole nitrogens is 1. The minimum absolute atomic E-state index is 0.719. The fourth-order valence-corrected chi connectivity index (χ4v) is 1.37. The second-order valence-corrected chi connectivity index (χ2v) is 2.83. The zero-order valence-electron chi connectivity index (χ0n) is 6.96. The van der Waals surface area contributed by atoms with Gasteiger partial charge in [0.05, 0.1) is 11.9 Å². The van der Waals surface area contributed by atoms with Gasteiger partial charge < -0.3 is 10.7 Å². The van der Waals surface area contributed by atoms with Crippen molar-refractivity contribution in [1.82, 2.24) is 9.97 Å². The molecular weight excluding hydrogens is 150 g/mol. The van der Waals surface area contributed by atoms with Gasteiger partial charge in [-0.15, -0.1) is 0 Å². The molecule has 0 aliphatic heterocycles. The van der Waals surface area contributed by atoms with E-state index in [0.29, 0.717) is 0 Å². The fraction of sp³-hybridized carbons (Fsp3) is 0.222. The Kier molecular flexibility index (Phi) is 1.50. The second-order valence-electron chi connectivity index (χ2n) is 2.83. The summed E-state index contributed by atoms with van der Waals surface area (Å²) in [4.78, 5) is 7.27. The van der Waals surface area contributed by atoms with E-state index in [9.17, 15) is 0 Å². The Morgan fingerprint density at radius 1 is 1.58 bits per heavy atom. The van der Waals surface area contributed by atoms with Gasteiger partial charge in [0.1, 0.15) is 5.65 Å². The number of nitrogens with one attached hydrogen (secondary N) is 1. The summed E-state index contributed by atoms with van der Waals surface area (Å²) in [7, 11) is 0. The average molecular weight is 161 g/mol. The van der Waals surface area contributed by atoms with Crippen molar-refractivity contribution in [2.75, 3.05) is 5.73 Å². The molecule has 0 saturated heterocycles. The molecule has 0 radical (unpaired) electrons. The van der Waals surface area contributed by atoms with Crippen LogP contribution in [0.2, 0.25) is 0 Å². The minimum Gasteiger partial charge on any atom is -0.397 e. The summed E-state index contributed by atoms with van der Waals surface area (Å²) >= 11 is 0. The SMILES string of the molecule is CCc1c[nH]c2ncc(N)cc12. The zero-order valence-corrected chi connectivity index (χ0v) is 6.96. The van der Waals surface area contributed by atoms with Crippen molar-refractivity contribution in [3.63, 3.8) is 0 Å². The number of nitrogen functional groups attached to an aromatic ring is 1. The molecule has 0 saturated carbocycles. The van der Waals surface area contributed by atoms with Crippen LogP contribution in [0.1, 0.15) is 12.5 Å². The highest BCUT2D eigenvalue weighted by molar-refractivity contribution is 5.82. The molecule has 0 amide bonds. The van der Waals surface area contributed by atoms with Gasteiger partial charge in [0.25, 0.3) is 0 Å². The average Bonchev–Trinajstić information content (AvgIpc) is 2.46. The lowest BCUT2D eigenvalue weighted by Crippen LogP contribution is -1.86. The van der Waals surface area contributed by atoms with Crippen LogP contribution in [0.4, 0.5) is 5.69 Å². The van der Waals surface area contributed by atoms with Crippen LogP contribution in [0.3, 0.4) is 0 Å². The predicted octanol–water partition coefficient (Wildman–Crippen LogP) is 1.71. The van der Waals surface area contributed by atoms with Crippen LogP contribution in [0, 0.1) is 0 Å². The molecule has 62 valence electrons. The van der Waals surface area contributed by atoms with E-state index < -0.39 is 0 Å². The van der Waals surface area contributed by atoms with Gasteiger partial charge in [0.15, 0.2) is 0 Å². The van der Waals surface area contributed by atoms with Gasteiger partial charge in [-0.1, -0.05) is 6.92 Å². The smallest absolute Gasteiger partial charge is 0.137 e. The van der Waals surface area contributed by atoms with Crippen molar-refractivity contribution in [3.8, 4) is 0 Å². The van der Waals surface area contributed by atoms with Gasteiger partial charge in [-0.05, 0) is 18.1 Å². The number of aromatic nitrogens is 2. The first-order valence-electron chi connectivity index (χ1n) is 4.02. The molecule has 3 nitrogen and oxygen atoms in total. The first-order chi connectivity index (χ1) is 5.81. The molecule has 0 unspecified atom stereocenters. The molecular formula is C9H11N3. The molecule has 3 N–H and O–H groups in total. The Hall–Kier alpha value is -1.51. The molecule has 12 heavy (non-hydrogen) atoms. The highest BCUT2D eigenvalue weighted by atomic mass is 14.8. The van der Waals surface area contributed by atoms with Crippen molar-refractivity contribution in [2.24, 2.45) is 0 Å². The van der Waals surface area contributed by atoms with E-state index in [4.69, 9.17) is 5.73 Å². The van der Waals surface area contributed by atoms with Crippen molar-refractivity contribution in [1.29, 1.82) is 0 Å². The lowest BCUT2D eigenvalue weighted by Gasteiger charge is -1.94. The Morgan fingerprint density at radius 2 is 2.42 bits per heavy atom. The standard InChI is InChI=1S/C9H11N3/c1-2-6-4-11-9-8(6)3-7(10)5-12-9/h3-5H,2,10H2,1H3,(H,11,12). The van der Waals surface area contributed by atoms with Crippen LogP contribution in [-0.2, 0) is 6.42 Å². The van der Waals surface area contributed by atoms with E-state index in [1.165, 1.54) is 5.56 Å². The first-order valence-corrected chi connectivity index (χ1v) is 4.02. The summed E-state index contributed by atoms with van der Waals surface area (Å²) in [5.74, 6) is 0. The third-order valence-electron chi connectivity index (χ3n) is 2.02. The van der Waals surface area contributed by atoms with Crippen LogP contribution in [0.25, 0.3) is 11.0 Å². The quantitative estimate of drug-likeness (QED) is 0.669. The van der Waals surface area contributed by atoms with E-state index >= 15 is 0 Å². The summed E-state index contributed by atoms with van der Waals surface area (Å²) in [6, 6.07) is 1.96. The maximum atomic E-state index is 5.63. The Bertz CT molecular complexity index is 403. The third kappa shape index (κ3) is 0.942. The first kappa shape index (κ1) is 7.16. The lowest BCUT2D eigenvalue weighted by molar-refractivity contribution is 1.15. The van der Waals surface area contributed by atoms with Crippen LogP contribution in [0.5, 0.6) is 0 Å². The van der Waals surface area contributed by atoms with Crippen LogP contribution < -0.4 is 5.73 Å². The van der Waals surface area contributed by atoms with Gasteiger partial charge in [-0.25, -0.2) is 4.98 Å². The summed E-state index contributed by atoms with van der Waals surface area (Å²) in [6.07, 6.45) is 4.65. The predicted molar refractivity (Wildman–Crippen MR) is 49.9 cm³/mol. The molecule has 0 bridgehead atoms. The number of fused-ring (bicyclic) bond motifs is 1. The van der Waals surface area contributed by atoms with Gasteiger partial charge in [0.2, 0.25) is 0 Å². The normalized spacial score (nSPS) is 10.8. The molecule has 2 heterocycles. The number of nitrogens with two attached hydrogens (primary N) is 1. The number of aryl methyl sites for hydroxylation is 1. The van der Waals surface area contributed by atoms with Crippen LogP contribution in [0.15, 0.2) is 18.5 Å². The molecule has 0 fully saturated rings. The topological polar surface area (TPSA) is 54.7 Å². The highest BCUT2D eigenvalue weighted by Gasteiger charge is 2.01. The monoisotopic (exact) mass is 161 g/mol. The summed E-state index contributed by atoms with van der Waals surface area (Å²) < 4.78 is 0. The molecule has 3 heteroatoms. The van der Waals surface area contributed by atoms with E-state index in [-0.39, 0.29) is 0 Å². The summed E-state index contributed by atoms with van der Waals surface area (Å²) in [5, 5.41) is 1.14. The van der Waals surface area contributed by atoms with E-state index in [1.807, 2.05) is 12.3 Å². The van der Waals surface area contributed by atoms with Gasteiger partial charge in [-0.3, -0.25) is 0 Å². The largest absolute Gasteiger partial charge is 0.397 e. The molecule has 0 aliphatic carbocycles. The van der Waals surface area contributed by atoms with Gasteiger partial charge in [0, 0.05) is 11.6 Å². The maximum Gasteiger partial charge on any atom is 0.137 e. The number of anilines is 1. The summed E-state index contributed by atoms with van der Waals surface area (Å²) in [5.41, 5.74) is 8.54. The Morgan fingerprint density at radius 3 is 3.17 bits per heavy atom. The molecule has 0 atom stereocenters.